The zero-order chi connectivity index (χ0) is 25.5. The molecule has 2 heterocycles. The Kier molecular flexibility index (Phi) is 9.37. The quantitative estimate of drug-likeness (QED) is 0.467. The van der Waals surface area contributed by atoms with Gasteiger partial charge in [-0.2, -0.15) is 0 Å². The maximum atomic E-state index is 13.2. The zero-order valence-corrected chi connectivity index (χ0v) is 21.9. The largest absolute Gasteiger partial charge is 0.365 e. The molecule has 3 aliphatic rings. The van der Waals surface area contributed by atoms with Crippen molar-refractivity contribution in [1.29, 1.82) is 0 Å². The molecule has 4 rings (SSSR count). The first-order valence-electron chi connectivity index (χ1n) is 13.7. The van der Waals surface area contributed by atoms with Crippen LogP contribution in [0, 0.1) is 5.92 Å². The lowest BCUT2D eigenvalue weighted by Crippen LogP contribution is -2.43. The molecule has 36 heavy (non-hydrogen) atoms. The molecule has 0 aromatic heterocycles. The van der Waals surface area contributed by atoms with Crippen molar-refractivity contribution in [2.75, 3.05) is 59.0 Å². The first-order chi connectivity index (χ1) is 17.5. The van der Waals surface area contributed by atoms with Crippen molar-refractivity contribution >= 4 is 17.7 Å². The first kappa shape index (κ1) is 26.6. The molecule has 3 unspecified atom stereocenters. The fraction of sp³-hybridized carbons (Fsp3) is 0.679. The molecule has 8 heteroatoms. The number of hydrogen-bond donors (Lipinski definition) is 0. The highest BCUT2D eigenvalue weighted by Crippen LogP contribution is 2.37. The SMILES string of the molecule is CCN(CC)C(=O)COC1CN(CCc2ccccc2)C(=O)CN(C(=O)CCN2CC3CCC2C3)C1. The molecule has 8 nitrogen and oxygen atoms in total. The van der Waals surface area contributed by atoms with Crippen molar-refractivity contribution in [2.24, 2.45) is 5.92 Å². The van der Waals surface area contributed by atoms with Crippen LogP contribution in [0.1, 0.15) is 45.1 Å². The van der Waals surface area contributed by atoms with Crippen LogP contribution in [0.15, 0.2) is 30.3 Å². The minimum Gasteiger partial charge on any atom is -0.365 e. The van der Waals surface area contributed by atoms with Gasteiger partial charge in [0.1, 0.15) is 6.61 Å². The lowest BCUT2D eigenvalue weighted by atomic mass is 10.1. The van der Waals surface area contributed by atoms with Crippen molar-refractivity contribution in [1.82, 2.24) is 19.6 Å². The molecule has 2 aliphatic heterocycles. The Morgan fingerprint density at radius 2 is 1.81 bits per heavy atom. The second kappa shape index (κ2) is 12.7. The number of carbonyl (C=O) groups is 3. The van der Waals surface area contributed by atoms with Crippen LogP contribution in [-0.2, 0) is 25.5 Å². The lowest BCUT2D eigenvalue weighted by Gasteiger charge is -2.28. The predicted molar refractivity (Wildman–Crippen MR) is 138 cm³/mol. The Morgan fingerprint density at radius 3 is 2.47 bits per heavy atom. The number of nitrogens with zero attached hydrogens (tertiary/aromatic N) is 4. The molecule has 3 amide bonds. The summed E-state index contributed by atoms with van der Waals surface area (Å²) < 4.78 is 6.05. The van der Waals surface area contributed by atoms with Gasteiger partial charge in [-0.25, -0.2) is 0 Å². The van der Waals surface area contributed by atoms with Crippen LogP contribution in [0.4, 0.5) is 0 Å². The van der Waals surface area contributed by atoms with Gasteiger partial charge in [-0.05, 0) is 51.0 Å². The van der Waals surface area contributed by atoms with Gasteiger partial charge in [-0.15, -0.1) is 0 Å². The van der Waals surface area contributed by atoms with Crippen LogP contribution in [0.25, 0.3) is 0 Å². The van der Waals surface area contributed by atoms with Gasteiger partial charge in [0.05, 0.1) is 12.6 Å². The van der Waals surface area contributed by atoms with E-state index in [0.717, 1.165) is 31.0 Å². The van der Waals surface area contributed by atoms with E-state index in [1.807, 2.05) is 32.0 Å². The topological polar surface area (TPSA) is 73.4 Å². The number of fused-ring (bicyclic) bond motifs is 2. The summed E-state index contributed by atoms with van der Waals surface area (Å²) in [6.07, 6.45) is 4.60. The average Bonchev–Trinajstić information content (AvgIpc) is 3.48. The summed E-state index contributed by atoms with van der Waals surface area (Å²) >= 11 is 0. The second-order valence-electron chi connectivity index (χ2n) is 10.4. The van der Waals surface area contributed by atoms with Gasteiger partial charge < -0.3 is 19.4 Å². The van der Waals surface area contributed by atoms with E-state index in [-0.39, 0.29) is 30.9 Å². The molecule has 3 fully saturated rings. The highest BCUT2D eigenvalue weighted by molar-refractivity contribution is 5.85. The molecule has 1 saturated carbocycles. The van der Waals surface area contributed by atoms with Gasteiger partial charge in [0, 0.05) is 58.3 Å². The summed E-state index contributed by atoms with van der Waals surface area (Å²) in [5.41, 5.74) is 1.16. The van der Waals surface area contributed by atoms with E-state index in [0.29, 0.717) is 45.2 Å². The molecule has 0 spiro atoms. The van der Waals surface area contributed by atoms with Crippen LogP contribution in [0.3, 0.4) is 0 Å². The van der Waals surface area contributed by atoms with Crippen LogP contribution in [0.5, 0.6) is 0 Å². The standard InChI is InChI=1S/C28H42N4O4/c1-3-29(4-2)28(35)21-36-25-18-31(14-12-22-8-6-5-7-9-22)27(34)20-32(19-25)26(33)13-15-30-17-23-10-11-24(30)16-23/h5-9,23-25H,3-4,10-21H2,1-2H3. The third kappa shape index (κ3) is 6.85. The normalized spacial score (nSPS) is 24.3. The van der Waals surface area contributed by atoms with Crippen LogP contribution in [-0.4, -0.2) is 108 Å². The van der Waals surface area contributed by atoms with E-state index >= 15 is 0 Å². The van der Waals surface area contributed by atoms with Crippen LogP contribution in [0.2, 0.25) is 0 Å². The molecule has 0 radical (unpaired) electrons. The van der Waals surface area contributed by atoms with Gasteiger partial charge in [-0.3, -0.25) is 19.3 Å². The lowest BCUT2D eigenvalue weighted by molar-refractivity contribution is -0.140. The van der Waals surface area contributed by atoms with Gasteiger partial charge in [0.2, 0.25) is 17.7 Å². The Labute approximate surface area is 215 Å². The highest BCUT2D eigenvalue weighted by atomic mass is 16.5. The fourth-order valence-corrected chi connectivity index (χ4v) is 5.95. The number of piperidine rings is 1. The zero-order valence-electron chi connectivity index (χ0n) is 21.9. The molecule has 1 aromatic carbocycles. The second-order valence-corrected chi connectivity index (χ2v) is 10.4. The summed E-state index contributed by atoms with van der Waals surface area (Å²) in [5, 5.41) is 0. The van der Waals surface area contributed by atoms with E-state index in [2.05, 4.69) is 17.0 Å². The van der Waals surface area contributed by atoms with E-state index in [1.165, 1.54) is 19.3 Å². The number of benzene rings is 1. The molecule has 2 bridgehead atoms. The first-order valence-corrected chi connectivity index (χ1v) is 13.7. The Morgan fingerprint density at radius 1 is 1.03 bits per heavy atom. The third-order valence-corrected chi connectivity index (χ3v) is 8.09. The molecule has 3 atom stereocenters. The van der Waals surface area contributed by atoms with Crippen LogP contribution >= 0.6 is 0 Å². The Hall–Kier alpha value is -2.45. The molecule has 198 valence electrons. The molecular formula is C28H42N4O4. The molecule has 1 aromatic rings. The van der Waals surface area contributed by atoms with Gasteiger partial charge in [0.15, 0.2) is 0 Å². The summed E-state index contributed by atoms with van der Waals surface area (Å²) in [5.74, 6) is 0.679. The summed E-state index contributed by atoms with van der Waals surface area (Å²) in [7, 11) is 0. The van der Waals surface area contributed by atoms with Crippen molar-refractivity contribution < 1.29 is 19.1 Å². The molecule has 0 N–H and O–H groups in total. The fourth-order valence-electron chi connectivity index (χ4n) is 5.95. The van der Waals surface area contributed by atoms with Crippen molar-refractivity contribution in [3.8, 4) is 0 Å². The number of hydrogen-bond acceptors (Lipinski definition) is 5. The van der Waals surface area contributed by atoms with Gasteiger partial charge in [-0.1, -0.05) is 30.3 Å². The number of rotatable bonds is 11. The van der Waals surface area contributed by atoms with E-state index in [4.69, 9.17) is 4.74 Å². The van der Waals surface area contributed by atoms with Crippen molar-refractivity contribution in [3.63, 3.8) is 0 Å². The third-order valence-electron chi connectivity index (χ3n) is 8.09. The summed E-state index contributed by atoms with van der Waals surface area (Å²) in [4.78, 5) is 46.6. The van der Waals surface area contributed by atoms with E-state index in [9.17, 15) is 14.4 Å². The Bertz CT molecular complexity index is 891. The number of amides is 3. The van der Waals surface area contributed by atoms with Crippen LogP contribution < -0.4 is 0 Å². The maximum absolute atomic E-state index is 13.2. The predicted octanol–water partition coefficient (Wildman–Crippen LogP) is 2.03. The van der Waals surface area contributed by atoms with E-state index < -0.39 is 6.10 Å². The monoisotopic (exact) mass is 498 g/mol. The number of carbonyl (C=O) groups excluding carboxylic acids is 3. The average molecular weight is 499 g/mol. The number of ether oxygens (including phenoxy) is 1. The summed E-state index contributed by atoms with van der Waals surface area (Å²) in [6.45, 7) is 8.34. The van der Waals surface area contributed by atoms with Crippen molar-refractivity contribution in [2.45, 2.75) is 58.1 Å². The maximum Gasteiger partial charge on any atom is 0.248 e. The highest BCUT2D eigenvalue weighted by Gasteiger charge is 2.38. The number of likely N-dealkylation sites (tertiary alicyclic amines) is 1. The van der Waals surface area contributed by atoms with Crippen molar-refractivity contribution in [3.05, 3.63) is 35.9 Å². The number of likely N-dealkylation sites (N-methyl/N-ethyl adjacent to an activating group) is 1. The summed E-state index contributed by atoms with van der Waals surface area (Å²) in [6, 6.07) is 10.7. The molecule has 2 saturated heterocycles. The minimum atomic E-state index is -0.390. The van der Waals surface area contributed by atoms with Gasteiger partial charge >= 0.3 is 0 Å². The smallest absolute Gasteiger partial charge is 0.248 e. The molecule has 1 aliphatic carbocycles. The minimum absolute atomic E-state index is 0.000276. The Balaban J connectivity index is 1.37. The van der Waals surface area contributed by atoms with Gasteiger partial charge in [0.25, 0.3) is 0 Å². The molecular weight excluding hydrogens is 456 g/mol. The van der Waals surface area contributed by atoms with E-state index in [1.54, 1.807) is 14.7 Å².